The molecule has 1 fully saturated rings. The minimum absolute atomic E-state index is 0.0339. The number of carbonyl (C=O) groups excluding carboxylic acids is 2. The number of amides is 2. The van der Waals surface area contributed by atoms with E-state index in [9.17, 15) is 22.8 Å². The van der Waals surface area contributed by atoms with Gasteiger partial charge in [-0.1, -0.05) is 13.0 Å². The molecule has 3 rings (SSSR count). The third-order valence-corrected chi connectivity index (χ3v) is 6.41. The van der Waals surface area contributed by atoms with E-state index in [2.05, 4.69) is 0 Å². The van der Waals surface area contributed by atoms with Gasteiger partial charge in [-0.15, -0.1) is 0 Å². The molecule has 0 spiro atoms. The maximum absolute atomic E-state index is 14.3. The molecule has 1 heterocycles. The Hall–Kier alpha value is -3.03. The number of halogens is 3. The summed E-state index contributed by atoms with van der Waals surface area (Å²) in [5.41, 5.74) is 0.597. The van der Waals surface area contributed by atoms with Crippen molar-refractivity contribution in [3.8, 4) is 5.75 Å². The van der Waals surface area contributed by atoms with Gasteiger partial charge in [0.2, 0.25) is 5.91 Å². The molecule has 5 nitrogen and oxygen atoms in total. The molecule has 1 aliphatic heterocycles. The summed E-state index contributed by atoms with van der Waals surface area (Å²) in [4.78, 5) is 28.6. The van der Waals surface area contributed by atoms with Crippen molar-refractivity contribution in [1.82, 2.24) is 9.80 Å². The van der Waals surface area contributed by atoms with E-state index in [1.807, 2.05) is 0 Å². The number of likely N-dealkylation sites (N-methyl/N-ethyl adjacent to an activating group) is 1. The topological polar surface area (TPSA) is 49.9 Å². The molecule has 0 saturated carbocycles. The second-order valence-corrected chi connectivity index (χ2v) is 8.34. The number of nitrogens with zero attached hydrogens (tertiary/aromatic N) is 2. The average Bonchev–Trinajstić information content (AvgIpc) is 2.82. The van der Waals surface area contributed by atoms with Crippen LogP contribution in [0, 0.1) is 23.4 Å². The van der Waals surface area contributed by atoms with Crippen LogP contribution in [-0.2, 0) is 11.2 Å². The molecule has 2 amide bonds. The Bertz CT molecular complexity index is 1010. The minimum Gasteiger partial charge on any atom is -0.494 e. The summed E-state index contributed by atoms with van der Waals surface area (Å²) in [6, 6.07) is 7.32. The Kier molecular flexibility index (Phi) is 8.00. The molecule has 1 aliphatic rings. The third kappa shape index (κ3) is 5.67. The molecule has 1 unspecified atom stereocenters. The third-order valence-electron chi connectivity index (χ3n) is 6.41. The van der Waals surface area contributed by atoms with Gasteiger partial charge >= 0.3 is 0 Å². The summed E-state index contributed by atoms with van der Waals surface area (Å²) in [6.07, 6.45) is 1.80. The van der Waals surface area contributed by atoms with E-state index in [0.29, 0.717) is 37.9 Å². The highest BCUT2D eigenvalue weighted by Gasteiger charge is 2.33. The van der Waals surface area contributed by atoms with Gasteiger partial charge in [-0.3, -0.25) is 9.59 Å². The predicted octanol–water partition coefficient (Wildman–Crippen LogP) is 4.44. The van der Waals surface area contributed by atoms with Crippen molar-refractivity contribution in [3.05, 3.63) is 65.0 Å². The fraction of sp³-hybridized carbons (Fsp3) is 0.440. The van der Waals surface area contributed by atoms with Gasteiger partial charge in [0.15, 0.2) is 11.6 Å². The lowest BCUT2D eigenvalue weighted by Gasteiger charge is -2.40. The zero-order valence-electron chi connectivity index (χ0n) is 19.1. The molecule has 0 bridgehead atoms. The van der Waals surface area contributed by atoms with E-state index in [1.165, 1.54) is 37.4 Å². The second-order valence-electron chi connectivity index (χ2n) is 8.34. The first-order valence-electron chi connectivity index (χ1n) is 11.1. The number of piperidine rings is 1. The van der Waals surface area contributed by atoms with E-state index in [-0.39, 0.29) is 41.5 Å². The maximum atomic E-state index is 14.3. The maximum Gasteiger partial charge on any atom is 0.253 e. The molecule has 8 heteroatoms. The van der Waals surface area contributed by atoms with Gasteiger partial charge in [0.25, 0.3) is 5.91 Å². The van der Waals surface area contributed by atoms with Crippen molar-refractivity contribution in [3.63, 3.8) is 0 Å². The fourth-order valence-electron chi connectivity index (χ4n) is 4.44. The summed E-state index contributed by atoms with van der Waals surface area (Å²) in [5, 5.41) is 0. The summed E-state index contributed by atoms with van der Waals surface area (Å²) in [5.74, 6) is -2.10. The number of rotatable bonds is 7. The van der Waals surface area contributed by atoms with Gasteiger partial charge in [0.1, 0.15) is 11.6 Å². The van der Waals surface area contributed by atoms with Gasteiger partial charge in [-0.25, -0.2) is 13.2 Å². The molecule has 2 aromatic carbocycles. The first-order valence-corrected chi connectivity index (χ1v) is 11.1. The Morgan fingerprint density at radius 3 is 2.36 bits per heavy atom. The lowest BCUT2D eigenvalue weighted by Crippen LogP contribution is -2.48. The van der Waals surface area contributed by atoms with Crippen LogP contribution in [0.3, 0.4) is 0 Å². The van der Waals surface area contributed by atoms with Gasteiger partial charge in [-0.05, 0) is 55.0 Å². The quantitative estimate of drug-likeness (QED) is 0.611. The molecule has 0 aromatic heterocycles. The van der Waals surface area contributed by atoms with Crippen LogP contribution in [0.15, 0.2) is 36.4 Å². The highest BCUT2D eigenvalue weighted by molar-refractivity contribution is 5.94. The molecule has 0 aliphatic carbocycles. The zero-order valence-corrected chi connectivity index (χ0v) is 19.1. The number of hydrogen-bond donors (Lipinski definition) is 0. The standard InChI is InChI=1S/C25H29F3N2O3/c1-4-24(31)29(2)22(14-17-5-7-19(26)15-20(17)27)16-9-11-30(12-10-16)25(32)18-6-8-23(33-3)21(28)13-18/h5-8,13,15-16,22H,4,9-12,14H2,1-3H3. The van der Waals surface area contributed by atoms with Crippen LogP contribution in [-0.4, -0.2) is 54.9 Å². The first-order chi connectivity index (χ1) is 15.7. The van der Waals surface area contributed by atoms with E-state index in [1.54, 1.807) is 23.8 Å². The summed E-state index contributed by atoms with van der Waals surface area (Å²) >= 11 is 0. The number of benzene rings is 2. The van der Waals surface area contributed by atoms with E-state index in [0.717, 1.165) is 6.07 Å². The Labute approximate surface area is 192 Å². The monoisotopic (exact) mass is 462 g/mol. The van der Waals surface area contributed by atoms with Crippen molar-refractivity contribution in [1.29, 1.82) is 0 Å². The molecule has 2 aromatic rings. The predicted molar refractivity (Wildman–Crippen MR) is 118 cm³/mol. The normalized spacial score (nSPS) is 15.3. The van der Waals surface area contributed by atoms with Crippen molar-refractivity contribution in [2.75, 3.05) is 27.2 Å². The van der Waals surface area contributed by atoms with Crippen molar-refractivity contribution in [2.24, 2.45) is 5.92 Å². The van der Waals surface area contributed by atoms with Crippen LogP contribution in [0.25, 0.3) is 0 Å². The molecule has 33 heavy (non-hydrogen) atoms. The van der Waals surface area contributed by atoms with Gasteiger partial charge in [0, 0.05) is 44.2 Å². The largest absolute Gasteiger partial charge is 0.494 e. The van der Waals surface area contributed by atoms with Crippen molar-refractivity contribution in [2.45, 2.75) is 38.6 Å². The van der Waals surface area contributed by atoms with Gasteiger partial charge in [-0.2, -0.15) is 0 Å². The van der Waals surface area contributed by atoms with E-state index < -0.39 is 17.5 Å². The Morgan fingerprint density at radius 2 is 1.79 bits per heavy atom. The molecule has 1 saturated heterocycles. The van der Waals surface area contributed by atoms with E-state index in [4.69, 9.17) is 4.74 Å². The van der Waals surface area contributed by atoms with Crippen LogP contribution in [0.4, 0.5) is 13.2 Å². The van der Waals surface area contributed by atoms with Crippen LogP contribution in [0.2, 0.25) is 0 Å². The molecule has 0 radical (unpaired) electrons. The SMILES string of the molecule is CCC(=O)N(C)C(Cc1ccc(F)cc1F)C1CCN(C(=O)c2ccc(OC)c(F)c2)CC1. The highest BCUT2D eigenvalue weighted by Crippen LogP contribution is 2.29. The Morgan fingerprint density at radius 1 is 1.09 bits per heavy atom. The first kappa shape index (κ1) is 24.6. The number of likely N-dealkylation sites (tertiary alicyclic amines) is 1. The van der Waals surface area contributed by atoms with Gasteiger partial charge < -0.3 is 14.5 Å². The van der Waals surface area contributed by atoms with Gasteiger partial charge in [0.05, 0.1) is 7.11 Å². The summed E-state index contributed by atoms with van der Waals surface area (Å²) in [6.45, 7) is 2.64. The lowest BCUT2D eigenvalue weighted by molar-refractivity contribution is -0.133. The Balaban J connectivity index is 1.73. The lowest BCUT2D eigenvalue weighted by atomic mass is 9.84. The minimum atomic E-state index is -0.646. The summed E-state index contributed by atoms with van der Waals surface area (Å²) in [7, 11) is 3.06. The highest BCUT2D eigenvalue weighted by atomic mass is 19.1. The molecule has 1 atom stereocenters. The second kappa shape index (κ2) is 10.7. The summed E-state index contributed by atoms with van der Waals surface area (Å²) < 4.78 is 46.6. The zero-order chi connectivity index (χ0) is 24.1. The van der Waals surface area contributed by atoms with Crippen molar-refractivity contribution < 1.29 is 27.5 Å². The van der Waals surface area contributed by atoms with Crippen LogP contribution in [0.5, 0.6) is 5.75 Å². The molecular weight excluding hydrogens is 433 g/mol. The molecule has 178 valence electrons. The van der Waals surface area contributed by atoms with Crippen LogP contribution < -0.4 is 4.74 Å². The fourth-order valence-corrected chi connectivity index (χ4v) is 4.44. The number of ether oxygens (including phenoxy) is 1. The number of methoxy groups -OCH3 is 1. The van der Waals surface area contributed by atoms with Crippen molar-refractivity contribution >= 4 is 11.8 Å². The molecule has 0 N–H and O–H groups in total. The van der Waals surface area contributed by atoms with Crippen LogP contribution in [0.1, 0.15) is 42.1 Å². The number of hydrogen-bond acceptors (Lipinski definition) is 3. The average molecular weight is 463 g/mol. The number of carbonyl (C=O) groups is 2. The smallest absolute Gasteiger partial charge is 0.253 e. The molecular formula is C25H29F3N2O3. The van der Waals surface area contributed by atoms with E-state index >= 15 is 0 Å². The van der Waals surface area contributed by atoms with Crippen LogP contribution >= 0.6 is 0 Å².